The van der Waals surface area contributed by atoms with Gasteiger partial charge in [0.25, 0.3) is 0 Å². The molecular weight excluding hydrogens is 476 g/mol. The highest BCUT2D eigenvalue weighted by Crippen LogP contribution is 2.04. The Bertz CT molecular complexity index is 490. The number of hydrogen-bond donors (Lipinski definition) is 14. The van der Waals surface area contributed by atoms with Crippen LogP contribution < -0.4 is 0 Å². The molecule has 0 rings (SSSR count). The summed E-state index contributed by atoms with van der Waals surface area (Å²) in [5.41, 5.74) is 0. The molecule has 34 heavy (non-hydrogen) atoms. The van der Waals surface area contributed by atoms with Crippen molar-refractivity contribution in [1.82, 2.24) is 0 Å². The number of rotatable bonds is 14. The van der Waals surface area contributed by atoms with E-state index in [2.05, 4.69) is 0 Å². The van der Waals surface area contributed by atoms with Gasteiger partial charge in [-0.05, 0) is 0 Å². The maximum atomic E-state index is 9.90. The minimum atomic E-state index is -1.79. The molecular formula is C17H34O17. The van der Waals surface area contributed by atoms with Gasteiger partial charge in [-0.2, -0.15) is 0 Å². The molecule has 0 aliphatic rings. The second-order valence-corrected chi connectivity index (χ2v) is 6.58. The third-order valence-corrected chi connectivity index (χ3v) is 3.91. The zero-order chi connectivity index (χ0) is 27.6. The number of hydrogen-bond acceptors (Lipinski definition) is 17. The lowest BCUT2D eigenvalue weighted by atomic mass is 10.0. The molecule has 0 spiro atoms. The second kappa shape index (κ2) is 20.8. The lowest BCUT2D eigenvalue weighted by Gasteiger charge is -2.22. The zero-order valence-electron chi connectivity index (χ0n) is 17.7. The largest absolute Gasteiger partial charge is 0.394 e. The summed E-state index contributed by atoms with van der Waals surface area (Å²) in [5, 5.41) is 121. The normalized spacial score (nSPS) is 20.6. The lowest BCUT2D eigenvalue weighted by Crippen LogP contribution is -2.46. The quantitative estimate of drug-likeness (QED) is 0.0964. The van der Waals surface area contributed by atoms with Gasteiger partial charge in [-0.1, -0.05) is 0 Å². The standard InChI is InChI=1S/2C6H12O6.C5H10O5/c2*7-1-3(9)5(11)6(12)4(10)2-8;6-1-3(8)5(10)4(9)2-7/h2*1,3-6,8-12H,2H2;1,3-5,7-10H,2H2/t3-,4+,5+,6+;3-,4-,5-,6-;3-,4+,5+/m010/s1. The Morgan fingerprint density at radius 2 is 0.588 bits per heavy atom. The molecule has 0 saturated carbocycles. The van der Waals surface area contributed by atoms with Gasteiger partial charge in [0.1, 0.15) is 67.1 Å². The van der Waals surface area contributed by atoms with Gasteiger partial charge >= 0.3 is 0 Å². The van der Waals surface area contributed by atoms with Crippen LogP contribution in [0.2, 0.25) is 0 Å². The summed E-state index contributed by atoms with van der Waals surface area (Å²) in [4.78, 5) is 29.6. The van der Waals surface area contributed by atoms with Crippen LogP contribution in [-0.2, 0) is 14.4 Å². The maximum Gasteiger partial charge on any atom is 0.151 e. The predicted octanol–water partition coefficient (Wildman–Crippen LogP) is -9.50. The molecule has 0 aromatic rings. The van der Waals surface area contributed by atoms with E-state index >= 15 is 0 Å². The fourth-order valence-corrected chi connectivity index (χ4v) is 1.65. The molecule has 0 aliphatic carbocycles. The van der Waals surface area contributed by atoms with Crippen molar-refractivity contribution in [2.75, 3.05) is 19.8 Å². The molecule has 0 unspecified atom stereocenters. The minimum Gasteiger partial charge on any atom is -0.394 e. The summed E-state index contributed by atoms with van der Waals surface area (Å²) in [6, 6.07) is 0. The van der Waals surface area contributed by atoms with Gasteiger partial charge in [0.2, 0.25) is 0 Å². The summed E-state index contributed by atoms with van der Waals surface area (Å²) in [6.45, 7) is -2.21. The molecule has 17 heteroatoms. The van der Waals surface area contributed by atoms with Crippen molar-refractivity contribution in [3.05, 3.63) is 0 Å². The van der Waals surface area contributed by atoms with Gasteiger partial charge in [0.05, 0.1) is 19.8 Å². The van der Waals surface area contributed by atoms with Crippen molar-refractivity contribution in [2.45, 2.75) is 67.1 Å². The summed E-state index contributed by atoms with van der Waals surface area (Å²) < 4.78 is 0. The Balaban J connectivity index is -0.000000426. The second-order valence-electron chi connectivity index (χ2n) is 6.58. The highest BCUT2D eigenvalue weighted by molar-refractivity contribution is 5.57. The van der Waals surface area contributed by atoms with E-state index in [1.54, 1.807) is 0 Å². The van der Waals surface area contributed by atoms with Crippen LogP contribution in [0.1, 0.15) is 0 Å². The first kappa shape index (κ1) is 37.0. The SMILES string of the molecule is O=C[C@@H](O)[C@@H](O)[C@H](O)[C@H](O)CO.O=C[C@H](O)[C@@H](O)[C@H](O)CO.O=C[C@H](O)[C@@H](O)[C@H](O)[C@H](O)CO. The van der Waals surface area contributed by atoms with E-state index in [0.717, 1.165) is 0 Å². The predicted molar refractivity (Wildman–Crippen MR) is 106 cm³/mol. The van der Waals surface area contributed by atoms with Crippen LogP contribution in [0.25, 0.3) is 0 Å². The number of carbonyl (C=O) groups is 3. The van der Waals surface area contributed by atoms with E-state index in [0.29, 0.717) is 0 Å². The molecule has 14 N–H and O–H groups in total. The fraction of sp³-hybridized carbons (Fsp3) is 0.824. The van der Waals surface area contributed by atoms with Gasteiger partial charge in [-0.25, -0.2) is 0 Å². The first-order valence-electron chi connectivity index (χ1n) is 9.39. The molecule has 0 saturated heterocycles. The topological polar surface area (TPSA) is 334 Å². The van der Waals surface area contributed by atoms with E-state index in [-0.39, 0.29) is 18.9 Å². The van der Waals surface area contributed by atoms with E-state index in [1.807, 2.05) is 0 Å². The molecule has 0 radical (unpaired) electrons. The summed E-state index contributed by atoms with van der Waals surface area (Å²) >= 11 is 0. The average Bonchev–Trinajstić information content (AvgIpc) is 2.88. The van der Waals surface area contributed by atoms with Crippen LogP contribution >= 0.6 is 0 Å². The molecule has 0 amide bonds. The van der Waals surface area contributed by atoms with Crippen LogP contribution in [-0.4, -0.2) is 177 Å². The summed E-state index contributed by atoms with van der Waals surface area (Å²) in [6.07, 6.45) is -18.3. The Morgan fingerprint density at radius 3 is 0.794 bits per heavy atom. The van der Waals surface area contributed by atoms with Crippen molar-refractivity contribution in [2.24, 2.45) is 0 Å². The van der Waals surface area contributed by atoms with Crippen molar-refractivity contribution >= 4 is 18.9 Å². The molecule has 0 aromatic carbocycles. The van der Waals surface area contributed by atoms with Crippen LogP contribution in [0.3, 0.4) is 0 Å². The molecule has 204 valence electrons. The molecule has 0 aliphatic heterocycles. The van der Waals surface area contributed by atoms with Gasteiger partial charge in [-0.15, -0.1) is 0 Å². The Morgan fingerprint density at radius 1 is 0.382 bits per heavy atom. The van der Waals surface area contributed by atoms with Gasteiger partial charge in [0.15, 0.2) is 18.9 Å². The zero-order valence-corrected chi connectivity index (χ0v) is 17.7. The number of carbonyl (C=O) groups excluding carboxylic acids is 3. The number of aliphatic hydroxyl groups is 14. The lowest BCUT2D eigenvalue weighted by molar-refractivity contribution is -0.136. The summed E-state index contributed by atoms with van der Waals surface area (Å²) in [7, 11) is 0. The molecule has 17 nitrogen and oxygen atoms in total. The first-order chi connectivity index (χ1) is 15.7. The molecule has 11 atom stereocenters. The summed E-state index contributed by atoms with van der Waals surface area (Å²) in [5.74, 6) is 0. The maximum absolute atomic E-state index is 9.90. The fourth-order valence-electron chi connectivity index (χ4n) is 1.65. The van der Waals surface area contributed by atoms with Crippen molar-refractivity contribution in [1.29, 1.82) is 0 Å². The average molecular weight is 510 g/mol. The number of aldehydes is 3. The molecule has 0 fully saturated rings. The number of aliphatic hydroxyl groups excluding tert-OH is 14. The van der Waals surface area contributed by atoms with Crippen LogP contribution in [0, 0.1) is 0 Å². The van der Waals surface area contributed by atoms with Gasteiger partial charge in [-0.3, -0.25) is 0 Å². The van der Waals surface area contributed by atoms with Crippen molar-refractivity contribution in [3.8, 4) is 0 Å². The van der Waals surface area contributed by atoms with E-state index in [4.69, 9.17) is 71.5 Å². The van der Waals surface area contributed by atoms with Crippen molar-refractivity contribution in [3.63, 3.8) is 0 Å². The minimum absolute atomic E-state index is 0.0258. The van der Waals surface area contributed by atoms with Crippen LogP contribution in [0.4, 0.5) is 0 Å². The highest BCUT2D eigenvalue weighted by atomic mass is 16.4. The smallest absolute Gasteiger partial charge is 0.151 e. The van der Waals surface area contributed by atoms with Gasteiger partial charge < -0.3 is 85.9 Å². The monoisotopic (exact) mass is 510 g/mol. The van der Waals surface area contributed by atoms with E-state index in [1.165, 1.54) is 0 Å². The first-order valence-corrected chi connectivity index (χ1v) is 9.39. The Labute approximate surface area is 192 Å². The van der Waals surface area contributed by atoms with Crippen molar-refractivity contribution < 1.29 is 85.9 Å². The molecule has 0 heterocycles. The van der Waals surface area contributed by atoms with Crippen LogP contribution in [0.5, 0.6) is 0 Å². The Kier molecular flexibility index (Phi) is 22.6. The van der Waals surface area contributed by atoms with E-state index in [9.17, 15) is 14.4 Å². The Hall–Kier alpha value is -1.55. The molecule has 0 bridgehead atoms. The third kappa shape index (κ3) is 14.7. The van der Waals surface area contributed by atoms with E-state index < -0.39 is 87.0 Å². The van der Waals surface area contributed by atoms with Gasteiger partial charge in [0, 0.05) is 0 Å². The van der Waals surface area contributed by atoms with Crippen LogP contribution in [0.15, 0.2) is 0 Å². The molecule has 0 aromatic heterocycles. The third-order valence-electron chi connectivity index (χ3n) is 3.91. The highest BCUT2D eigenvalue weighted by Gasteiger charge is 2.30.